The van der Waals surface area contributed by atoms with Gasteiger partial charge in [0.15, 0.2) is 0 Å². The second-order valence-corrected chi connectivity index (χ2v) is 7.39. The summed E-state index contributed by atoms with van der Waals surface area (Å²) in [6.07, 6.45) is 7.54. The zero-order chi connectivity index (χ0) is 19.8. The molecule has 5 rings (SSSR count). The Balaban J connectivity index is 1.49. The summed E-state index contributed by atoms with van der Waals surface area (Å²) in [6.45, 7) is 1.24. The number of rotatable bonds is 3. The summed E-state index contributed by atoms with van der Waals surface area (Å²) in [6, 6.07) is 17.9. The van der Waals surface area contributed by atoms with Crippen LogP contribution < -0.4 is 0 Å². The van der Waals surface area contributed by atoms with Crippen LogP contribution in [0.1, 0.15) is 33.0 Å². The molecule has 2 aromatic heterocycles. The van der Waals surface area contributed by atoms with Gasteiger partial charge in [-0.2, -0.15) is 10.2 Å². The number of hydrogen-bond acceptors (Lipinski definition) is 3. The maximum absolute atomic E-state index is 13.4. The molecule has 0 saturated carbocycles. The standard InChI is InChI=1S/C23H21N5O/c1-26-14-19(13-25-26)22-16-27(15-18-6-2-3-9-21(18)22)23(29)17-7-4-8-20(12-17)28-11-5-10-24-28/h2-14,22H,15-16H2,1H3. The van der Waals surface area contributed by atoms with Crippen molar-refractivity contribution in [2.24, 2.45) is 7.05 Å². The van der Waals surface area contributed by atoms with Crippen LogP contribution in [0.15, 0.2) is 79.4 Å². The molecule has 3 heterocycles. The van der Waals surface area contributed by atoms with Gasteiger partial charge >= 0.3 is 0 Å². The molecule has 144 valence electrons. The van der Waals surface area contributed by atoms with E-state index >= 15 is 0 Å². The molecule has 1 aliphatic rings. The molecule has 6 nitrogen and oxygen atoms in total. The van der Waals surface area contributed by atoms with E-state index in [4.69, 9.17) is 0 Å². The lowest BCUT2D eigenvalue weighted by Crippen LogP contribution is -2.38. The molecule has 0 bridgehead atoms. The third-order valence-corrected chi connectivity index (χ3v) is 5.47. The van der Waals surface area contributed by atoms with Gasteiger partial charge in [0.2, 0.25) is 0 Å². The van der Waals surface area contributed by atoms with Crippen molar-refractivity contribution in [2.75, 3.05) is 6.54 Å². The minimum Gasteiger partial charge on any atom is -0.333 e. The maximum atomic E-state index is 13.4. The number of hydrogen-bond donors (Lipinski definition) is 0. The summed E-state index contributed by atoms with van der Waals surface area (Å²) in [5, 5.41) is 8.60. The average molecular weight is 383 g/mol. The summed E-state index contributed by atoms with van der Waals surface area (Å²) in [7, 11) is 1.92. The molecule has 1 atom stereocenters. The van der Waals surface area contributed by atoms with E-state index < -0.39 is 0 Å². The molecule has 0 radical (unpaired) electrons. The number of carbonyl (C=O) groups excluding carboxylic acids is 1. The van der Waals surface area contributed by atoms with Crippen molar-refractivity contribution in [3.05, 3.63) is 102 Å². The van der Waals surface area contributed by atoms with Gasteiger partial charge in [0.25, 0.3) is 5.91 Å². The summed E-state index contributed by atoms with van der Waals surface area (Å²) in [4.78, 5) is 15.3. The Kier molecular flexibility index (Phi) is 4.24. The van der Waals surface area contributed by atoms with E-state index in [2.05, 4.69) is 28.4 Å². The average Bonchev–Trinajstić information content (AvgIpc) is 3.44. The van der Waals surface area contributed by atoms with Crippen LogP contribution in [0, 0.1) is 0 Å². The molecule has 6 heteroatoms. The third-order valence-electron chi connectivity index (χ3n) is 5.47. The lowest BCUT2D eigenvalue weighted by atomic mass is 9.86. The highest BCUT2D eigenvalue weighted by Crippen LogP contribution is 2.34. The Labute approximate surface area is 169 Å². The van der Waals surface area contributed by atoms with Crippen LogP contribution in [-0.2, 0) is 13.6 Å². The fourth-order valence-corrected chi connectivity index (χ4v) is 4.05. The normalized spacial score (nSPS) is 15.9. The maximum Gasteiger partial charge on any atom is 0.254 e. The van der Waals surface area contributed by atoms with Gasteiger partial charge in [-0.25, -0.2) is 4.68 Å². The number of aryl methyl sites for hydroxylation is 1. The minimum atomic E-state index is 0.0300. The molecule has 1 unspecified atom stereocenters. The highest BCUT2D eigenvalue weighted by molar-refractivity contribution is 5.95. The fraction of sp³-hybridized carbons (Fsp3) is 0.174. The van der Waals surface area contributed by atoms with Gasteiger partial charge in [0, 0.05) is 50.2 Å². The Morgan fingerprint density at radius 2 is 1.97 bits per heavy atom. The van der Waals surface area contributed by atoms with Crippen molar-refractivity contribution in [3.8, 4) is 5.69 Å². The summed E-state index contributed by atoms with van der Waals surface area (Å²) >= 11 is 0. The zero-order valence-corrected chi connectivity index (χ0v) is 16.1. The molecule has 0 spiro atoms. The first-order chi connectivity index (χ1) is 14.2. The van der Waals surface area contributed by atoms with E-state index in [0.717, 1.165) is 11.3 Å². The van der Waals surface area contributed by atoms with Gasteiger partial charge in [-0.15, -0.1) is 0 Å². The molecule has 0 aliphatic carbocycles. The van der Waals surface area contributed by atoms with E-state index in [1.165, 1.54) is 11.1 Å². The lowest BCUT2D eigenvalue weighted by molar-refractivity contribution is 0.0725. The van der Waals surface area contributed by atoms with Crippen LogP contribution in [0.5, 0.6) is 0 Å². The van der Waals surface area contributed by atoms with Crippen LogP contribution in [0.2, 0.25) is 0 Å². The molecule has 0 saturated heterocycles. The Morgan fingerprint density at radius 3 is 2.76 bits per heavy atom. The quantitative estimate of drug-likeness (QED) is 0.545. The van der Waals surface area contributed by atoms with Crippen molar-refractivity contribution in [1.29, 1.82) is 0 Å². The number of aromatic nitrogens is 4. The Morgan fingerprint density at radius 1 is 1.07 bits per heavy atom. The number of fused-ring (bicyclic) bond motifs is 1. The molecule has 2 aromatic carbocycles. The van der Waals surface area contributed by atoms with Gasteiger partial charge in [0.1, 0.15) is 0 Å². The first-order valence-electron chi connectivity index (χ1n) is 9.65. The van der Waals surface area contributed by atoms with Crippen LogP contribution >= 0.6 is 0 Å². The number of carbonyl (C=O) groups is 1. The predicted octanol–water partition coefficient (Wildman–Crippen LogP) is 3.39. The third kappa shape index (κ3) is 3.23. The number of benzene rings is 2. The van der Waals surface area contributed by atoms with Crippen LogP contribution in [-0.4, -0.2) is 36.9 Å². The number of amides is 1. The van der Waals surface area contributed by atoms with Gasteiger partial charge in [-0.05, 0) is 41.0 Å². The van der Waals surface area contributed by atoms with Gasteiger partial charge in [-0.1, -0.05) is 30.3 Å². The van der Waals surface area contributed by atoms with Crippen molar-refractivity contribution in [1.82, 2.24) is 24.5 Å². The van der Waals surface area contributed by atoms with E-state index in [1.54, 1.807) is 10.9 Å². The van der Waals surface area contributed by atoms with Crippen LogP contribution in [0.25, 0.3) is 5.69 Å². The van der Waals surface area contributed by atoms with Crippen molar-refractivity contribution >= 4 is 5.91 Å². The SMILES string of the molecule is Cn1cc(C2CN(C(=O)c3cccc(-n4cccn4)c3)Cc3ccccc32)cn1. The summed E-state index contributed by atoms with van der Waals surface area (Å²) in [5.41, 5.74) is 5.13. The molecule has 4 aromatic rings. The zero-order valence-electron chi connectivity index (χ0n) is 16.1. The second-order valence-electron chi connectivity index (χ2n) is 7.39. The van der Waals surface area contributed by atoms with Crippen molar-refractivity contribution in [2.45, 2.75) is 12.5 Å². The van der Waals surface area contributed by atoms with E-state index in [1.807, 2.05) is 71.6 Å². The fourth-order valence-electron chi connectivity index (χ4n) is 4.05. The summed E-state index contributed by atoms with van der Waals surface area (Å²) < 4.78 is 3.58. The van der Waals surface area contributed by atoms with E-state index in [-0.39, 0.29) is 11.8 Å². The van der Waals surface area contributed by atoms with E-state index in [0.29, 0.717) is 18.7 Å². The molecular formula is C23H21N5O. The monoisotopic (exact) mass is 383 g/mol. The van der Waals surface area contributed by atoms with Gasteiger partial charge in [-0.3, -0.25) is 9.48 Å². The Hall–Kier alpha value is -3.67. The minimum absolute atomic E-state index is 0.0300. The number of nitrogens with zero attached hydrogens (tertiary/aromatic N) is 5. The lowest BCUT2D eigenvalue weighted by Gasteiger charge is -2.34. The molecular weight excluding hydrogens is 362 g/mol. The molecule has 1 amide bonds. The first kappa shape index (κ1) is 17.4. The van der Waals surface area contributed by atoms with Crippen molar-refractivity contribution in [3.63, 3.8) is 0 Å². The molecule has 0 N–H and O–H groups in total. The molecule has 1 aliphatic heterocycles. The highest BCUT2D eigenvalue weighted by Gasteiger charge is 2.30. The Bertz CT molecular complexity index is 1160. The van der Waals surface area contributed by atoms with Gasteiger partial charge < -0.3 is 4.90 Å². The van der Waals surface area contributed by atoms with Crippen LogP contribution in [0.3, 0.4) is 0 Å². The summed E-state index contributed by atoms with van der Waals surface area (Å²) in [5.74, 6) is 0.147. The molecule has 29 heavy (non-hydrogen) atoms. The first-order valence-corrected chi connectivity index (χ1v) is 9.65. The topological polar surface area (TPSA) is 56.0 Å². The second kappa shape index (κ2) is 7.05. The highest BCUT2D eigenvalue weighted by atomic mass is 16.2. The van der Waals surface area contributed by atoms with Crippen LogP contribution in [0.4, 0.5) is 0 Å². The van der Waals surface area contributed by atoms with Gasteiger partial charge in [0.05, 0.1) is 11.9 Å². The predicted molar refractivity (Wildman–Crippen MR) is 110 cm³/mol. The van der Waals surface area contributed by atoms with E-state index in [9.17, 15) is 4.79 Å². The molecule has 0 fully saturated rings. The smallest absolute Gasteiger partial charge is 0.254 e. The van der Waals surface area contributed by atoms with Crippen molar-refractivity contribution < 1.29 is 4.79 Å². The largest absolute Gasteiger partial charge is 0.333 e.